The van der Waals surface area contributed by atoms with Crippen molar-refractivity contribution < 1.29 is 0 Å². The number of rotatable bonds is 4. The van der Waals surface area contributed by atoms with E-state index in [9.17, 15) is 0 Å². The third kappa shape index (κ3) is 3.64. The minimum Gasteiger partial charge on any atom is -0.384 e. The van der Waals surface area contributed by atoms with Crippen molar-refractivity contribution in [3.63, 3.8) is 0 Å². The molecule has 0 aliphatic rings. The average Bonchev–Trinajstić information content (AvgIpc) is 2.16. The molecule has 0 spiro atoms. The fraction of sp³-hybridized carbons (Fsp3) is 0.500. The normalized spacial score (nSPS) is 12.5. The summed E-state index contributed by atoms with van der Waals surface area (Å²) in [6.07, 6.45) is 2.94. The van der Waals surface area contributed by atoms with Crippen molar-refractivity contribution in [2.75, 3.05) is 11.9 Å². The SMILES string of the molecule is CCC(C)CNc1ccc(Cl)nc1. The standard InChI is InChI=1S/C10H15ClN2/c1-3-8(2)6-12-9-4-5-10(11)13-7-9/h4-5,7-8,12H,3,6H2,1-2H3. The van der Waals surface area contributed by atoms with Crippen LogP contribution in [0.4, 0.5) is 5.69 Å². The van der Waals surface area contributed by atoms with Crippen molar-refractivity contribution in [2.45, 2.75) is 20.3 Å². The Labute approximate surface area is 84.3 Å². The van der Waals surface area contributed by atoms with E-state index in [0.717, 1.165) is 12.2 Å². The van der Waals surface area contributed by atoms with Gasteiger partial charge in [-0.25, -0.2) is 4.98 Å². The molecule has 1 aromatic heterocycles. The van der Waals surface area contributed by atoms with Crippen LogP contribution in [0.1, 0.15) is 20.3 Å². The molecule has 1 unspecified atom stereocenters. The molecule has 72 valence electrons. The molecule has 1 heterocycles. The highest BCUT2D eigenvalue weighted by Crippen LogP contribution is 2.10. The van der Waals surface area contributed by atoms with Crippen molar-refractivity contribution >= 4 is 17.3 Å². The minimum atomic E-state index is 0.536. The number of pyridine rings is 1. The molecule has 0 saturated heterocycles. The highest BCUT2D eigenvalue weighted by molar-refractivity contribution is 6.29. The zero-order valence-corrected chi connectivity index (χ0v) is 8.80. The maximum Gasteiger partial charge on any atom is 0.129 e. The molecule has 1 aromatic rings. The van der Waals surface area contributed by atoms with Gasteiger partial charge in [0.15, 0.2) is 0 Å². The molecule has 2 nitrogen and oxygen atoms in total. The summed E-state index contributed by atoms with van der Waals surface area (Å²) < 4.78 is 0. The Balaban J connectivity index is 2.41. The molecule has 1 rings (SSSR count). The average molecular weight is 199 g/mol. The quantitative estimate of drug-likeness (QED) is 0.752. The van der Waals surface area contributed by atoms with E-state index in [4.69, 9.17) is 11.6 Å². The molecule has 0 fully saturated rings. The van der Waals surface area contributed by atoms with Gasteiger partial charge in [-0.2, -0.15) is 0 Å². The third-order valence-electron chi connectivity index (χ3n) is 2.08. The highest BCUT2D eigenvalue weighted by atomic mass is 35.5. The van der Waals surface area contributed by atoms with E-state index >= 15 is 0 Å². The molecular formula is C10H15ClN2. The van der Waals surface area contributed by atoms with Crippen LogP contribution in [-0.4, -0.2) is 11.5 Å². The van der Waals surface area contributed by atoms with Crippen LogP contribution in [0.15, 0.2) is 18.3 Å². The molecule has 0 radical (unpaired) electrons. The molecule has 3 heteroatoms. The molecule has 0 aliphatic heterocycles. The van der Waals surface area contributed by atoms with Crippen LogP contribution in [0.3, 0.4) is 0 Å². The van der Waals surface area contributed by atoms with E-state index in [0.29, 0.717) is 11.1 Å². The largest absolute Gasteiger partial charge is 0.384 e. The Morgan fingerprint density at radius 2 is 2.31 bits per heavy atom. The maximum absolute atomic E-state index is 5.66. The summed E-state index contributed by atoms with van der Waals surface area (Å²) in [7, 11) is 0. The van der Waals surface area contributed by atoms with Gasteiger partial charge < -0.3 is 5.32 Å². The van der Waals surface area contributed by atoms with Crippen LogP contribution in [0.25, 0.3) is 0 Å². The number of anilines is 1. The summed E-state index contributed by atoms with van der Waals surface area (Å²) in [6.45, 7) is 5.39. The number of halogens is 1. The molecule has 13 heavy (non-hydrogen) atoms. The Bertz CT molecular complexity index is 246. The van der Waals surface area contributed by atoms with E-state index in [1.807, 2.05) is 6.07 Å². The van der Waals surface area contributed by atoms with Crippen molar-refractivity contribution in [3.8, 4) is 0 Å². The summed E-state index contributed by atoms with van der Waals surface area (Å²) in [4.78, 5) is 3.99. The topological polar surface area (TPSA) is 24.9 Å². The zero-order valence-electron chi connectivity index (χ0n) is 8.05. The van der Waals surface area contributed by atoms with Crippen molar-refractivity contribution in [1.29, 1.82) is 0 Å². The first-order chi connectivity index (χ1) is 6.22. The maximum atomic E-state index is 5.66. The lowest BCUT2D eigenvalue weighted by atomic mass is 10.1. The molecule has 1 N–H and O–H groups in total. The Morgan fingerprint density at radius 3 is 2.85 bits per heavy atom. The Morgan fingerprint density at radius 1 is 1.54 bits per heavy atom. The summed E-state index contributed by atoms with van der Waals surface area (Å²) in [5.41, 5.74) is 1.03. The van der Waals surface area contributed by atoms with Gasteiger partial charge in [0, 0.05) is 6.54 Å². The van der Waals surface area contributed by atoms with Crippen LogP contribution in [0.5, 0.6) is 0 Å². The molecule has 0 aliphatic carbocycles. The molecule has 0 amide bonds. The predicted octanol–water partition coefficient (Wildman–Crippen LogP) is 3.19. The lowest BCUT2D eigenvalue weighted by Crippen LogP contribution is -2.10. The summed E-state index contributed by atoms with van der Waals surface area (Å²) >= 11 is 5.66. The second kappa shape index (κ2) is 5.07. The number of hydrogen-bond donors (Lipinski definition) is 1. The van der Waals surface area contributed by atoms with Gasteiger partial charge in [0.05, 0.1) is 11.9 Å². The molecule has 0 bridgehead atoms. The van der Waals surface area contributed by atoms with E-state index in [2.05, 4.69) is 24.1 Å². The lowest BCUT2D eigenvalue weighted by Gasteiger charge is -2.10. The van der Waals surface area contributed by atoms with Gasteiger partial charge in [-0.1, -0.05) is 31.9 Å². The van der Waals surface area contributed by atoms with Gasteiger partial charge in [0.1, 0.15) is 5.15 Å². The summed E-state index contributed by atoms with van der Waals surface area (Å²) in [5, 5.41) is 3.84. The van der Waals surface area contributed by atoms with Crippen molar-refractivity contribution in [2.24, 2.45) is 5.92 Å². The molecule has 0 aromatic carbocycles. The van der Waals surface area contributed by atoms with Crippen LogP contribution in [-0.2, 0) is 0 Å². The van der Waals surface area contributed by atoms with Crippen molar-refractivity contribution in [3.05, 3.63) is 23.5 Å². The Kier molecular flexibility index (Phi) is 4.03. The number of nitrogens with one attached hydrogen (secondary N) is 1. The van der Waals surface area contributed by atoms with E-state index in [1.54, 1.807) is 12.3 Å². The fourth-order valence-corrected chi connectivity index (χ4v) is 1.03. The second-order valence-electron chi connectivity index (χ2n) is 3.26. The van der Waals surface area contributed by atoms with Gasteiger partial charge in [-0.05, 0) is 18.1 Å². The van der Waals surface area contributed by atoms with Crippen LogP contribution in [0.2, 0.25) is 5.15 Å². The first-order valence-electron chi connectivity index (χ1n) is 4.57. The summed E-state index contributed by atoms with van der Waals surface area (Å²) in [6, 6.07) is 3.73. The first kappa shape index (κ1) is 10.3. The Hall–Kier alpha value is -0.760. The van der Waals surface area contributed by atoms with E-state index in [1.165, 1.54) is 6.42 Å². The molecular weight excluding hydrogens is 184 g/mol. The van der Waals surface area contributed by atoms with Crippen molar-refractivity contribution in [1.82, 2.24) is 4.98 Å². The second-order valence-corrected chi connectivity index (χ2v) is 3.65. The van der Waals surface area contributed by atoms with Gasteiger partial charge in [0.25, 0.3) is 0 Å². The highest BCUT2D eigenvalue weighted by Gasteiger charge is 1.98. The van der Waals surface area contributed by atoms with Crippen LogP contribution < -0.4 is 5.32 Å². The lowest BCUT2D eigenvalue weighted by molar-refractivity contribution is 0.593. The molecule has 1 atom stereocenters. The summed E-state index contributed by atoms with van der Waals surface area (Å²) in [5.74, 6) is 0.690. The molecule has 0 saturated carbocycles. The minimum absolute atomic E-state index is 0.536. The third-order valence-corrected chi connectivity index (χ3v) is 2.30. The number of hydrogen-bond acceptors (Lipinski definition) is 2. The number of aromatic nitrogens is 1. The van der Waals surface area contributed by atoms with Crippen LogP contribution >= 0.6 is 11.6 Å². The smallest absolute Gasteiger partial charge is 0.129 e. The first-order valence-corrected chi connectivity index (χ1v) is 4.95. The predicted molar refractivity (Wildman–Crippen MR) is 57.2 cm³/mol. The van der Waals surface area contributed by atoms with E-state index < -0.39 is 0 Å². The fourth-order valence-electron chi connectivity index (χ4n) is 0.917. The van der Waals surface area contributed by atoms with Crippen LogP contribution in [0, 0.1) is 5.92 Å². The van der Waals surface area contributed by atoms with Gasteiger partial charge >= 0.3 is 0 Å². The van der Waals surface area contributed by atoms with Gasteiger partial charge in [-0.15, -0.1) is 0 Å². The van der Waals surface area contributed by atoms with Gasteiger partial charge in [0.2, 0.25) is 0 Å². The number of nitrogens with zero attached hydrogens (tertiary/aromatic N) is 1. The zero-order chi connectivity index (χ0) is 9.68. The van der Waals surface area contributed by atoms with E-state index in [-0.39, 0.29) is 0 Å². The monoisotopic (exact) mass is 198 g/mol. The van der Waals surface area contributed by atoms with Gasteiger partial charge in [-0.3, -0.25) is 0 Å².